The van der Waals surface area contributed by atoms with Gasteiger partial charge in [-0.3, -0.25) is 9.13 Å². The van der Waals surface area contributed by atoms with Gasteiger partial charge in [-0.1, -0.05) is 267 Å². The minimum absolute atomic E-state index is 0.581. The van der Waals surface area contributed by atoms with Gasteiger partial charge in [0.2, 0.25) is 11.9 Å². The molecule has 16 aromatic carbocycles. The van der Waals surface area contributed by atoms with Crippen LogP contribution in [0.25, 0.3) is 220 Å². The Kier molecular flexibility index (Phi) is 14.9. The summed E-state index contributed by atoms with van der Waals surface area (Å²) in [6.45, 7) is 0. The highest BCUT2D eigenvalue weighted by molar-refractivity contribution is 7.26. The lowest BCUT2D eigenvalue weighted by atomic mass is 10.0. The molecule has 24 rings (SSSR count). The average molecular weight is 1480 g/mol. The van der Waals surface area contributed by atoms with Crippen molar-refractivity contribution in [2.75, 3.05) is 0 Å². The minimum Gasteiger partial charge on any atom is -0.456 e. The molecule has 0 aliphatic carbocycles. The lowest BCUT2D eigenvalue weighted by Gasteiger charge is -2.11. The van der Waals surface area contributed by atoms with E-state index in [1.54, 1.807) is 0 Å². The van der Waals surface area contributed by atoms with Crippen molar-refractivity contribution in [2.45, 2.75) is 0 Å². The molecule has 0 aliphatic rings. The van der Waals surface area contributed by atoms with Gasteiger partial charge in [-0.2, -0.15) is 19.9 Å². The van der Waals surface area contributed by atoms with E-state index in [1.165, 1.54) is 64.0 Å². The predicted octanol–water partition coefficient (Wildman–Crippen LogP) is 26.4. The number of nitrogens with zero attached hydrogens (tertiary/aromatic N) is 10. The van der Waals surface area contributed by atoms with E-state index in [-0.39, 0.29) is 0 Å². The van der Waals surface area contributed by atoms with Gasteiger partial charge >= 0.3 is 0 Å². The Morgan fingerprint density at radius 1 is 0.202 bits per heavy atom. The van der Waals surface area contributed by atoms with E-state index in [0.717, 1.165) is 121 Å². The molecule has 0 aliphatic heterocycles. The number of hydrogen-bond acceptors (Lipinski definition) is 8. The zero-order valence-corrected chi connectivity index (χ0v) is 61.9. The quantitative estimate of drug-likeness (QED) is 0.134. The number of para-hydroxylation sites is 5. The minimum atomic E-state index is 0.581. The first-order valence-corrected chi connectivity index (χ1v) is 39.0. The smallest absolute Gasteiger partial charge is 0.238 e. The molecule has 0 bridgehead atoms. The fourth-order valence-corrected chi connectivity index (χ4v) is 18.3. The first-order valence-electron chi connectivity index (χ1n) is 38.2. The Hall–Kier alpha value is -15.2. The highest BCUT2D eigenvalue weighted by Gasteiger charge is 2.24. The second kappa shape index (κ2) is 26.2. The monoisotopic (exact) mass is 1470 g/mol. The number of aromatic nitrogens is 10. The molecule has 0 atom stereocenters. The van der Waals surface area contributed by atoms with Crippen LogP contribution in [0.1, 0.15) is 0 Å². The fraction of sp³-hybridized carbons (Fsp3) is 0. The molecule has 0 spiro atoms. The highest BCUT2D eigenvalue weighted by atomic mass is 32.1. The zero-order chi connectivity index (χ0) is 74.9. The van der Waals surface area contributed by atoms with Crippen LogP contribution in [-0.2, 0) is 0 Å². The number of rotatable bonds is 10. The summed E-state index contributed by atoms with van der Waals surface area (Å²) < 4.78 is 18.0. The van der Waals surface area contributed by atoms with Gasteiger partial charge in [0.05, 0.1) is 54.5 Å². The molecule has 0 saturated carbocycles. The number of thiophene rings is 1. The number of hydrogen-bond donors (Lipinski definition) is 0. The summed E-state index contributed by atoms with van der Waals surface area (Å²) in [4.78, 5) is 30.3. The van der Waals surface area contributed by atoms with Crippen LogP contribution in [0.3, 0.4) is 0 Å². The molecule has 8 heterocycles. The van der Waals surface area contributed by atoms with Crippen LogP contribution in [0, 0.1) is 0 Å². The normalized spacial score (nSPS) is 11.9. The number of furan rings is 1. The topological polar surface area (TPSA) is 110 Å². The molecule has 24 aromatic rings. The van der Waals surface area contributed by atoms with E-state index in [0.29, 0.717) is 35.2 Å². The van der Waals surface area contributed by atoms with Gasteiger partial charge in [0.15, 0.2) is 23.3 Å². The van der Waals surface area contributed by atoms with Gasteiger partial charge in [0.1, 0.15) is 11.2 Å². The highest BCUT2D eigenvalue weighted by Crippen LogP contribution is 2.45. The molecule has 0 fully saturated rings. The van der Waals surface area contributed by atoms with Gasteiger partial charge < -0.3 is 13.6 Å². The predicted molar refractivity (Wildman–Crippen MR) is 470 cm³/mol. The third-order valence-corrected chi connectivity index (χ3v) is 23.6. The molecule has 114 heavy (non-hydrogen) atoms. The number of benzene rings is 16. The SMILES string of the molecule is c1ccc(-c2nc(-c3ccccc3)nc(-n3c4ccccc4c4cc(-c5ccc6c(c5)c5ccccc5n6-c5ccc6oc7ccccc7c6c5)ccc43)n2)cc1.c1ccc(-c2nc(-c3ccccc3)nc(-n3c4ccccc4c4cc(-c5ccc6c(c5)c5ccccc5n6-c5cccc6c5sc5ccccc56)ccc43)n2)cc1. The molecule has 0 unspecified atom stereocenters. The number of fused-ring (bicyclic) bond motifs is 18. The standard InChI is InChI=1S/C51H31N5O.C51H31N5S/c1-3-13-32(14-4-1)49-52-50(33-15-5-2-6-16-33)54-51(53-49)56-44-21-11-8-18-38(44)41-30-35(24-27-46(41)56)34-23-26-45-40(29-34)37-17-7-10-20-43(37)55(45)36-25-28-48-42(31-36)39-19-9-12-22-47(39)57-48;1-3-14-32(15-4-1)49-52-50(33-16-5-2-6-17-33)54-51(53-49)56-43-23-11-8-19-37(43)41-31-35(27-29-45(41)56)34-26-28-44-40(30-34)36-18-7-10-22-42(36)55(44)46-24-13-21-39-38-20-9-12-25-47(38)57-48(39)46/h2*1-31H. The summed E-state index contributed by atoms with van der Waals surface area (Å²) >= 11 is 1.87. The maximum atomic E-state index is 6.17. The van der Waals surface area contributed by atoms with Gasteiger partial charge in [0, 0.05) is 97.3 Å². The van der Waals surface area contributed by atoms with Crippen molar-refractivity contribution in [3.8, 4) is 91.1 Å². The largest absolute Gasteiger partial charge is 0.456 e. The molecule has 0 N–H and O–H groups in total. The van der Waals surface area contributed by atoms with E-state index < -0.39 is 0 Å². The van der Waals surface area contributed by atoms with Crippen molar-refractivity contribution in [1.29, 1.82) is 0 Å². The molecule has 0 radical (unpaired) electrons. The Labute approximate surface area is 656 Å². The summed E-state index contributed by atoms with van der Waals surface area (Å²) in [5.74, 6) is 3.71. The van der Waals surface area contributed by atoms with Crippen molar-refractivity contribution in [3.05, 3.63) is 376 Å². The van der Waals surface area contributed by atoms with E-state index >= 15 is 0 Å². The van der Waals surface area contributed by atoms with Crippen LogP contribution in [0.15, 0.2) is 381 Å². The van der Waals surface area contributed by atoms with Crippen molar-refractivity contribution < 1.29 is 4.42 Å². The summed E-state index contributed by atoms with van der Waals surface area (Å²) in [5, 5.41) is 14.3. The zero-order valence-electron chi connectivity index (χ0n) is 61.1. The van der Waals surface area contributed by atoms with Crippen LogP contribution in [0.2, 0.25) is 0 Å². The van der Waals surface area contributed by atoms with E-state index in [1.807, 2.05) is 145 Å². The molecule has 0 amide bonds. The molecule has 532 valence electrons. The lowest BCUT2D eigenvalue weighted by Crippen LogP contribution is -2.06. The maximum Gasteiger partial charge on any atom is 0.238 e. The van der Waals surface area contributed by atoms with Crippen LogP contribution in [0.5, 0.6) is 0 Å². The molecule has 0 saturated heterocycles. The summed E-state index contributed by atoms with van der Waals surface area (Å²) in [7, 11) is 0. The van der Waals surface area contributed by atoms with Crippen molar-refractivity contribution in [2.24, 2.45) is 0 Å². The Bertz CT molecular complexity index is 7870. The van der Waals surface area contributed by atoms with E-state index in [9.17, 15) is 0 Å². The Morgan fingerprint density at radius 2 is 0.535 bits per heavy atom. The molecule has 8 aromatic heterocycles. The van der Waals surface area contributed by atoms with Gasteiger partial charge in [-0.15, -0.1) is 11.3 Å². The van der Waals surface area contributed by atoms with Gasteiger partial charge in [0.25, 0.3) is 0 Å². The van der Waals surface area contributed by atoms with Crippen molar-refractivity contribution in [3.63, 3.8) is 0 Å². The van der Waals surface area contributed by atoms with Crippen LogP contribution in [-0.4, -0.2) is 48.2 Å². The van der Waals surface area contributed by atoms with Crippen molar-refractivity contribution in [1.82, 2.24) is 48.2 Å². The third kappa shape index (κ3) is 10.6. The van der Waals surface area contributed by atoms with Gasteiger partial charge in [-0.25, -0.2) is 9.97 Å². The van der Waals surface area contributed by atoms with E-state index in [2.05, 4.69) is 261 Å². The maximum absolute atomic E-state index is 6.17. The Morgan fingerprint density at radius 3 is 0.982 bits per heavy atom. The van der Waals surface area contributed by atoms with Gasteiger partial charge in [-0.05, 0) is 131 Å². The molecule has 11 nitrogen and oxygen atoms in total. The van der Waals surface area contributed by atoms with Crippen LogP contribution >= 0.6 is 11.3 Å². The first kappa shape index (κ1) is 64.7. The fourth-order valence-electron chi connectivity index (χ4n) is 17.1. The second-order valence-corrected chi connectivity index (χ2v) is 30.0. The molecular formula is C102H62N10OS. The third-order valence-electron chi connectivity index (χ3n) is 22.4. The van der Waals surface area contributed by atoms with Crippen LogP contribution < -0.4 is 0 Å². The van der Waals surface area contributed by atoms with E-state index in [4.69, 9.17) is 34.3 Å². The Balaban J connectivity index is 0.000000135. The second-order valence-electron chi connectivity index (χ2n) is 28.9. The average Bonchev–Trinajstić information content (AvgIpc) is 1.61. The molecular weight excluding hydrogens is 1410 g/mol. The van der Waals surface area contributed by atoms with Crippen LogP contribution in [0.4, 0.5) is 0 Å². The summed E-state index contributed by atoms with van der Waals surface area (Å²) in [6, 6.07) is 132. The lowest BCUT2D eigenvalue weighted by molar-refractivity contribution is 0.669. The summed E-state index contributed by atoms with van der Waals surface area (Å²) in [6.07, 6.45) is 0. The summed E-state index contributed by atoms with van der Waals surface area (Å²) in [5.41, 5.74) is 21.4. The first-order chi connectivity index (χ1) is 56.5. The molecule has 12 heteroatoms. The van der Waals surface area contributed by atoms with Crippen molar-refractivity contribution >= 4 is 141 Å².